The number of thioether (sulfide) groups is 1. The molecule has 3 aliphatic rings. The number of nitrogens with zero attached hydrogens (tertiary/aromatic N) is 2. The fourth-order valence-electron chi connectivity index (χ4n) is 3.60. The number of amides is 1. The summed E-state index contributed by atoms with van der Waals surface area (Å²) < 4.78 is 0. The first kappa shape index (κ1) is 14.8. The highest BCUT2D eigenvalue weighted by Crippen LogP contribution is 2.44. The number of benzene rings is 1. The summed E-state index contributed by atoms with van der Waals surface area (Å²) in [5.74, 6) is 0.0485. The third-order valence-corrected chi connectivity index (χ3v) is 5.68. The van der Waals surface area contributed by atoms with Crippen LogP contribution in [-0.2, 0) is 4.79 Å². The molecule has 4 rings (SSSR count). The summed E-state index contributed by atoms with van der Waals surface area (Å²) in [6.07, 6.45) is 5.57. The Kier molecular flexibility index (Phi) is 3.89. The Morgan fingerprint density at radius 2 is 2.09 bits per heavy atom. The Hall–Kier alpha value is -1.75. The highest BCUT2D eigenvalue weighted by atomic mass is 32.2. The molecule has 0 aromatic heterocycles. The predicted octanol–water partition coefficient (Wildman–Crippen LogP) is 4.06. The molecule has 0 unspecified atom stereocenters. The van der Waals surface area contributed by atoms with E-state index in [1.165, 1.54) is 42.1 Å². The number of carbonyl (C=O) groups is 1. The molecule has 0 radical (unpaired) electrons. The summed E-state index contributed by atoms with van der Waals surface area (Å²) in [4.78, 5) is 18.8. The highest BCUT2D eigenvalue weighted by molar-refractivity contribution is 8.16. The summed E-state index contributed by atoms with van der Waals surface area (Å²) in [7, 11) is 0. The molecule has 1 amide bonds. The minimum Gasteiger partial charge on any atom is -0.326 e. The van der Waals surface area contributed by atoms with Crippen molar-refractivity contribution in [3.8, 4) is 0 Å². The van der Waals surface area contributed by atoms with Gasteiger partial charge in [0.15, 0.2) is 5.17 Å². The Morgan fingerprint density at radius 3 is 2.87 bits per heavy atom. The number of carbonyl (C=O) groups excluding carboxylic acids is 1. The summed E-state index contributed by atoms with van der Waals surface area (Å²) in [5.41, 5.74) is 3.32. The molecule has 1 aromatic rings. The molecule has 5 heteroatoms. The van der Waals surface area contributed by atoms with Crippen LogP contribution in [0.5, 0.6) is 0 Å². The maximum atomic E-state index is 11.5. The van der Waals surface area contributed by atoms with Crippen molar-refractivity contribution in [3.05, 3.63) is 35.2 Å². The van der Waals surface area contributed by atoms with E-state index in [0.29, 0.717) is 18.5 Å². The van der Waals surface area contributed by atoms with Crippen LogP contribution in [-0.4, -0.2) is 28.1 Å². The van der Waals surface area contributed by atoms with E-state index in [1.54, 1.807) is 11.8 Å². The molecule has 2 atom stereocenters. The van der Waals surface area contributed by atoms with Crippen LogP contribution in [0.15, 0.2) is 34.7 Å². The first-order valence-corrected chi connectivity index (χ1v) is 9.28. The van der Waals surface area contributed by atoms with Crippen LogP contribution in [0.25, 0.3) is 5.70 Å². The standard InChI is InChI=1S/C18H21N3OS/c1-2-17(22)19-13-9-7-12(8-10-13)16-11-23-18-20-14-5-3-4-6-15(14)21(16)18/h7-11,14-15H,2-6H2,1H3,(H,19,22)/t14-,15+/m0/s1. The van der Waals surface area contributed by atoms with Crippen LogP contribution in [0, 0.1) is 0 Å². The number of amidine groups is 1. The topological polar surface area (TPSA) is 44.7 Å². The Bertz CT molecular complexity index is 680. The second-order valence-corrected chi connectivity index (χ2v) is 7.14. The molecular formula is C18H21N3OS. The normalized spacial score (nSPS) is 25.5. The zero-order chi connectivity index (χ0) is 15.8. The van der Waals surface area contributed by atoms with Crippen molar-refractivity contribution in [1.82, 2.24) is 4.90 Å². The van der Waals surface area contributed by atoms with Gasteiger partial charge in [-0.2, -0.15) is 0 Å². The van der Waals surface area contributed by atoms with Gasteiger partial charge < -0.3 is 10.2 Å². The molecule has 1 aliphatic carbocycles. The lowest BCUT2D eigenvalue weighted by Crippen LogP contribution is -2.38. The van der Waals surface area contributed by atoms with Crippen molar-refractivity contribution < 1.29 is 4.79 Å². The van der Waals surface area contributed by atoms with Gasteiger partial charge >= 0.3 is 0 Å². The lowest BCUT2D eigenvalue weighted by molar-refractivity contribution is -0.115. The van der Waals surface area contributed by atoms with Crippen molar-refractivity contribution in [1.29, 1.82) is 0 Å². The van der Waals surface area contributed by atoms with E-state index in [2.05, 4.69) is 27.8 Å². The minimum absolute atomic E-state index is 0.0485. The molecule has 1 N–H and O–H groups in total. The summed E-state index contributed by atoms with van der Waals surface area (Å²) in [6.45, 7) is 1.86. The summed E-state index contributed by atoms with van der Waals surface area (Å²) in [5, 5.41) is 6.28. The van der Waals surface area contributed by atoms with Gasteiger partial charge in [-0.3, -0.25) is 9.79 Å². The second-order valence-electron chi connectivity index (χ2n) is 6.30. The number of rotatable bonds is 3. The molecule has 1 saturated carbocycles. The van der Waals surface area contributed by atoms with Gasteiger partial charge in [0.25, 0.3) is 0 Å². The van der Waals surface area contributed by atoms with Gasteiger partial charge in [0, 0.05) is 17.5 Å². The van der Waals surface area contributed by atoms with E-state index in [1.807, 2.05) is 19.1 Å². The van der Waals surface area contributed by atoms with E-state index < -0.39 is 0 Å². The molecule has 4 nitrogen and oxygen atoms in total. The van der Waals surface area contributed by atoms with Crippen molar-refractivity contribution >= 4 is 34.2 Å². The van der Waals surface area contributed by atoms with E-state index in [4.69, 9.17) is 4.99 Å². The Balaban J connectivity index is 1.54. The van der Waals surface area contributed by atoms with Crippen LogP contribution >= 0.6 is 11.8 Å². The van der Waals surface area contributed by atoms with Crippen LogP contribution < -0.4 is 5.32 Å². The first-order valence-electron chi connectivity index (χ1n) is 8.40. The summed E-state index contributed by atoms with van der Waals surface area (Å²) >= 11 is 1.74. The zero-order valence-electron chi connectivity index (χ0n) is 13.3. The van der Waals surface area contributed by atoms with Crippen molar-refractivity contribution in [3.63, 3.8) is 0 Å². The molecule has 120 valence electrons. The third-order valence-electron chi connectivity index (χ3n) is 4.83. The van der Waals surface area contributed by atoms with E-state index >= 15 is 0 Å². The molecule has 2 heterocycles. The molecule has 23 heavy (non-hydrogen) atoms. The summed E-state index contributed by atoms with van der Waals surface area (Å²) in [6, 6.07) is 9.18. The van der Waals surface area contributed by atoms with Crippen molar-refractivity contribution in [2.24, 2.45) is 4.99 Å². The van der Waals surface area contributed by atoms with Gasteiger partial charge in [-0.1, -0.05) is 43.7 Å². The number of fused-ring (bicyclic) bond motifs is 3. The van der Waals surface area contributed by atoms with E-state index in [0.717, 1.165) is 5.69 Å². The molecule has 0 spiro atoms. The molecule has 2 aliphatic heterocycles. The lowest BCUT2D eigenvalue weighted by atomic mass is 9.90. The van der Waals surface area contributed by atoms with Crippen LogP contribution in [0.4, 0.5) is 5.69 Å². The smallest absolute Gasteiger partial charge is 0.224 e. The van der Waals surface area contributed by atoms with Crippen molar-refractivity contribution in [2.75, 3.05) is 5.32 Å². The average molecular weight is 327 g/mol. The van der Waals surface area contributed by atoms with Gasteiger partial charge in [0.2, 0.25) is 5.91 Å². The fraction of sp³-hybridized carbons (Fsp3) is 0.444. The number of hydrogen-bond donors (Lipinski definition) is 1. The number of anilines is 1. The van der Waals surface area contributed by atoms with E-state index in [9.17, 15) is 4.79 Å². The SMILES string of the molecule is CCC(=O)Nc1ccc(C2=CSC3=N[C@H]4CCCC[C@H]4N23)cc1. The number of hydrogen-bond acceptors (Lipinski definition) is 4. The van der Waals surface area contributed by atoms with Crippen LogP contribution in [0.2, 0.25) is 0 Å². The minimum atomic E-state index is 0.0485. The molecule has 0 bridgehead atoms. The predicted molar refractivity (Wildman–Crippen MR) is 96.2 cm³/mol. The van der Waals surface area contributed by atoms with Gasteiger partial charge in [0.1, 0.15) is 0 Å². The number of aliphatic imine (C=N–C) groups is 1. The highest BCUT2D eigenvalue weighted by Gasteiger charge is 2.41. The van der Waals surface area contributed by atoms with Gasteiger partial charge in [0.05, 0.1) is 17.8 Å². The van der Waals surface area contributed by atoms with Gasteiger partial charge in [-0.05, 0) is 30.5 Å². The second kappa shape index (κ2) is 6.04. The van der Waals surface area contributed by atoms with E-state index in [-0.39, 0.29) is 5.91 Å². The van der Waals surface area contributed by atoms with Crippen LogP contribution in [0.3, 0.4) is 0 Å². The van der Waals surface area contributed by atoms with Crippen molar-refractivity contribution in [2.45, 2.75) is 51.1 Å². The molecule has 1 aromatic carbocycles. The zero-order valence-corrected chi connectivity index (χ0v) is 14.1. The maximum Gasteiger partial charge on any atom is 0.224 e. The average Bonchev–Trinajstić information content (AvgIpc) is 3.14. The van der Waals surface area contributed by atoms with Gasteiger partial charge in [-0.15, -0.1) is 0 Å². The van der Waals surface area contributed by atoms with Crippen LogP contribution in [0.1, 0.15) is 44.6 Å². The fourth-order valence-corrected chi connectivity index (χ4v) is 4.61. The maximum absolute atomic E-state index is 11.5. The Morgan fingerprint density at radius 1 is 1.30 bits per heavy atom. The largest absolute Gasteiger partial charge is 0.326 e. The number of nitrogens with one attached hydrogen (secondary N) is 1. The quantitative estimate of drug-likeness (QED) is 0.910. The monoisotopic (exact) mass is 327 g/mol. The Labute approximate surface area is 141 Å². The molecule has 0 saturated heterocycles. The molecular weight excluding hydrogens is 306 g/mol. The first-order chi connectivity index (χ1) is 11.3. The lowest BCUT2D eigenvalue weighted by Gasteiger charge is -2.32. The third kappa shape index (κ3) is 2.67. The molecule has 1 fully saturated rings. The van der Waals surface area contributed by atoms with Gasteiger partial charge in [-0.25, -0.2) is 0 Å².